The lowest BCUT2D eigenvalue weighted by Crippen LogP contribution is -2.17. The second-order valence-electron chi connectivity index (χ2n) is 16.5. The maximum absolute atomic E-state index is 6.35. The molecule has 0 unspecified atom stereocenters. The summed E-state index contributed by atoms with van der Waals surface area (Å²) in [6.45, 7) is 4.76. The van der Waals surface area contributed by atoms with Gasteiger partial charge in [0.2, 0.25) is 0 Å². The highest BCUT2D eigenvalue weighted by Gasteiger charge is 2.38. The third-order valence-corrected chi connectivity index (χ3v) is 12.8. The molecular formula is C57H40N2O. The van der Waals surface area contributed by atoms with Crippen molar-refractivity contribution in [2.45, 2.75) is 19.3 Å². The molecule has 1 aliphatic rings. The Labute approximate surface area is 349 Å². The fourth-order valence-corrected chi connectivity index (χ4v) is 9.96. The maximum atomic E-state index is 6.35. The van der Waals surface area contributed by atoms with Crippen LogP contribution in [0.2, 0.25) is 0 Å². The molecule has 0 bridgehead atoms. The second kappa shape index (κ2) is 13.2. The van der Waals surface area contributed by atoms with Crippen LogP contribution in [-0.4, -0.2) is 4.57 Å². The molecule has 3 nitrogen and oxygen atoms in total. The Morgan fingerprint density at radius 3 is 1.78 bits per heavy atom. The first-order valence-electron chi connectivity index (χ1n) is 20.8. The summed E-state index contributed by atoms with van der Waals surface area (Å²) in [5.74, 6) is 0. The van der Waals surface area contributed by atoms with Gasteiger partial charge in [-0.1, -0.05) is 147 Å². The molecule has 0 atom stereocenters. The smallest absolute Gasteiger partial charge is 0.136 e. The van der Waals surface area contributed by atoms with Crippen LogP contribution in [0.5, 0.6) is 0 Å². The molecule has 2 aromatic heterocycles. The topological polar surface area (TPSA) is 21.3 Å². The number of rotatable bonds is 6. The van der Waals surface area contributed by atoms with Gasteiger partial charge in [0.1, 0.15) is 11.2 Å². The molecule has 0 fully saturated rings. The van der Waals surface area contributed by atoms with Crippen molar-refractivity contribution in [1.29, 1.82) is 0 Å². The number of furan rings is 1. The Balaban J connectivity index is 1.01. The number of hydrogen-bond acceptors (Lipinski definition) is 2. The summed E-state index contributed by atoms with van der Waals surface area (Å²) in [5, 5.41) is 4.64. The van der Waals surface area contributed by atoms with E-state index in [2.05, 4.69) is 224 Å². The first-order valence-corrected chi connectivity index (χ1v) is 20.8. The zero-order valence-electron chi connectivity index (χ0n) is 33.4. The SMILES string of the molecule is CC1(C)c2cc(N(c3ccc(-c4ccccc4)cc3)c3ccc(-n4c5ccccc5c5cc6oc7ccccc7c6cc54)cc3)ccc2-c2cccc(-c3ccccc3)c21. The van der Waals surface area contributed by atoms with E-state index < -0.39 is 0 Å². The van der Waals surface area contributed by atoms with E-state index in [1.165, 1.54) is 60.8 Å². The van der Waals surface area contributed by atoms with Crippen molar-refractivity contribution in [2.24, 2.45) is 0 Å². The zero-order chi connectivity index (χ0) is 40.0. The number of benzene rings is 9. The van der Waals surface area contributed by atoms with Crippen LogP contribution in [0.15, 0.2) is 211 Å². The van der Waals surface area contributed by atoms with E-state index in [1.807, 2.05) is 6.07 Å². The summed E-state index contributed by atoms with van der Waals surface area (Å²) in [7, 11) is 0. The molecule has 0 amide bonds. The van der Waals surface area contributed by atoms with Crippen molar-refractivity contribution < 1.29 is 4.42 Å². The third kappa shape index (κ3) is 5.22. The number of fused-ring (bicyclic) bond motifs is 9. The lowest BCUT2D eigenvalue weighted by atomic mass is 9.78. The molecule has 0 saturated carbocycles. The number of anilines is 3. The first-order chi connectivity index (χ1) is 29.5. The van der Waals surface area contributed by atoms with E-state index in [1.54, 1.807) is 0 Å². The van der Waals surface area contributed by atoms with Crippen molar-refractivity contribution in [2.75, 3.05) is 4.90 Å². The molecule has 284 valence electrons. The zero-order valence-corrected chi connectivity index (χ0v) is 33.4. The predicted octanol–water partition coefficient (Wildman–Crippen LogP) is 15.8. The average molecular weight is 769 g/mol. The van der Waals surface area contributed by atoms with E-state index >= 15 is 0 Å². The van der Waals surface area contributed by atoms with Gasteiger partial charge < -0.3 is 13.9 Å². The predicted molar refractivity (Wildman–Crippen MR) is 251 cm³/mol. The molecule has 12 rings (SSSR count). The van der Waals surface area contributed by atoms with Crippen molar-refractivity contribution in [3.63, 3.8) is 0 Å². The molecule has 9 aromatic carbocycles. The molecule has 11 aromatic rings. The van der Waals surface area contributed by atoms with Crippen LogP contribution in [-0.2, 0) is 5.41 Å². The van der Waals surface area contributed by atoms with Crippen LogP contribution < -0.4 is 4.90 Å². The molecule has 1 aliphatic carbocycles. The van der Waals surface area contributed by atoms with Gasteiger partial charge in [-0.05, 0) is 117 Å². The maximum Gasteiger partial charge on any atom is 0.136 e. The average Bonchev–Trinajstić information content (AvgIpc) is 3.91. The standard InChI is InChI=1S/C57H40N2O/c1-57(2)51-34-43(32-33-45(51)48-21-13-20-44(56(48)57)39-16-7-4-8-17-39)58(40-26-24-38(25-27-40)37-14-5-3-6-15-37)41-28-30-42(31-29-41)59-52-22-11-9-18-46(52)49-36-55-50(35-53(49)59)47-19-10-12-23-54(47)60-55/h3-36H,1-2H3. The summed E-state index contributed by atoms with van der Waals surface area (Å²) in [6, 6.07) is 74.9. The van der Waals surface area contributed by atoms with Gasteiger partial charge in [-0.2, -0.15) is 0 Å². The number of para-hydroxylation sites is 2. The van der Waals surface area contributed by atoms with Crippen LogP contribution in [0.4, 0.5) is 17.1 Å². The fourth-order valence-electron chi connectivity index (χ4n) is 9.96. The summed E-state index contributed by atoms with van der Waals surface area (Å²) in [4.78, 5) is 2.41. The van der Waals surface area contributed by atoms with Crippen molar-refractivity contribution >= 4 is 60.8 Å². The van der Waals surface area contributed by atoms with Gasteiger partial charge in [0.25, 0.3) is 0 Å². The van der Waals surface area contributed by atoms with Crippen LogP contribution in [0.25, 0.3) is 82.8 Å². The summed E-state index contributed by atoms with van der Waals surface area (Å²) < 4.78 is 8.75. The molecule has 2 heterocycles. The minimum atomic E-state index is -0.206. The normalized spacial score (nSPS) is 13.0. The molecule has 0 saturated heterocycles. The molecule has 0 aliphatic heterocycles. The summed E-state index contributed by atoms with van der Waals surface area (Å²) >= 11 is 0. The number of hydrogen-bond donors (Lipinski definition) is 0. The largest absolute Gasteiger partial charge is 0.456 e. The molecule has 0 N–H and O–H groups in total. The lowest BCUT2D eigenvalue weighted by Gasteiger charge is -2.29. The van der Waals surface area contributed by atoms with E-state index in [4.69, 9.17) is 4.42 Å². The van der Waals surface area contributed by atoms with Crippen LogP contribution >= 0.6 is 0 Å². The van der Waals surface area contributed by atoms with E-state index in [-0.39, 0.29) is 5.41 Å². The quantitative estimate of drug-likeness (QED) is 0.168. The Hall–Kier alpha value is -7.62. The van der Waals surface area contributed by atoms with Gasteiger partial charge in [-0.25, -0.2) is 0 Å². The van der Waals surface area contributed by atoms with Crippen molar-refractivity contribution in [3.05, 3.63) is 217 Å². The van der Waals surface area contributed by atoms with E-state index in [0.717, 1.165) is 50.2 Å². The van der Waals surface area contributed by atoms with Gasteiger partial charge in [-0.15, -0.1) is 0 Å². The Morgan fingerprint density at radius 2 is 1.02 bits per heavy atom. The molecule has 0 radical (unpaired) electrons. The van der Waals surface area contributed by atoms with Gasteiger partial charge >= 0.3 is 0 Å². The van der Waals surface area contributed by atoms with Crippen molar-refractivity contribution in [1.82, 2.24) is 4.57 Å². The second-order valence-corrected chi connectivity index (χ2v) is 16.5. The molecule has 60 heavy (non-hydrogen) atoms. The molecule has 0 spiro atoms. The highest BCUT2D eigenvalue weighted by molar-refractivity contribution is 6.17. The molecular weight excluding hydrogens is 729 g/mol. The van der Waals surface area contributed by atoms with Gasteiger partial charge in [-0.3, -0.25) is 0 Å². The van der Waals surface area contributed by atoms with Gasteiger partial charge in [0, 0.05) is 49.7 Å². The highest BCUT2D eigenvalue weighted by atomic mass is 16.3. The Kier molecular flexibility index (Phi) is 7.58. The van der Waals surface area contributed by atoms with Gasteiger partial charge in [0.05, 0.1) is 11.0 Å². The molecule has 3 heteroatoms. The van der Waals surface area contributed by atoms with Crippen LogP contribution in [0, 0.1) is 0 Å². The van der Waals surface area contributed by atoms with E-state index in [0.29, 0.717) is 0 Å². The lowest BCUT2D eigenvalue weighted by molar-refractivity contribution is 0.662. The minimum absolute atomic E-state index is 0.206. The van der Waals surface area contributed by atoms with Crippen LogP contribution in [0.1, 0.15) is 25.0 Å². The van der Waals surface area contributed by atoms with Crippen molar-refractivity contribution in [3.8, 4) is 39.1 Å². The van der Waals surface area contributed by atoms with Gasteiger partial charge in [0.15, 0.2) is 0 Å². The number of nitrogens with zero attached hydrogens (tertiary/aromatic N) is 2. The third-order valence-electron chi connectivity index (χ3n) is 12.8. The first kappa shape index (κ1) is 34.4. The Morgan fingerprint density at radius 1 is 0.400 bits per heavy atom. The summed E-state index contributed by atoms with van der Waals surface area (Å²) in [5.41, 5.74) is 18.7. The van der Waals surface area contributed by atoms with E-state index in [9.17, 15) is 0 Å². The highest BCUT2D eigenvalue weighted by Crippen LogP contribution is 2.54. The fraction of sp³-hybridized carbons (Fsp3) is 0.0526. The minimum Gasteiger partial charge on any atom is -0.456 e. The Bertz CT molecular complexity index is 3430. The monoisotopic (exact) mass is 768 g/mol. The number of aromatic nitrogens is 1. The van der Waals surface area contributed by atoms with Crippen LogP contribution in [0.3, 0.4) is 0 Å². The summed E-state index contributed by atoms with van der Waals surface area (Å²) in [6.07, 6.45) is 0.